The standard InChI is InChI=1S/C9H15N.ClH/c1-3-9(2,10)8-6-4-5-7-8;/h1,8H,4-7,10H2,2H3;1H. The zero-order valence-electron chi connectivity index (χ0n) is 6.97. The summed E-state index contributed by atoms with van der Waals surface area (Å²) in [6.45, 7) is 1.96. The second kappa shape index (κ2) is 3.99. The first-order valence-electron chi connectivity index (χ1n) is 3.93. The quantitative estimate of drug-likeness (QED) is 0.603. The SMILES string of the molecule is C#CC(C)(N)C1CCCC1.Cl. The number of hydrogen-bond acceptors (Lipinski definition) is 1. The monoisotopic (exact) mass is 173 g/mol. The summed E-state index contributed by atoms with van der Waals surface area (Å²) in [5.74, 6) is 3.23. The fourth-order valence-electron chi connectivity index (χ4n) is 1.64. The minimum atomic E-state index is -0.351. The lowest BCUT2D eigenvalue weighted by Gasteiger charge is -2.24. The van der Waals surface area contributed by atoms with Crippen molar-refractivity contribution in [2.75, 3.05) is 0 Å². The molecule has 1 aliphatic carbocycles. The van der Waals surface area contributed by atoms with E-state index in [1.54, 1.807) is 0 Å². The van der Waals surface area contributed by atoms with Gasteiger partial charge in [0, 0.05) is 0 Å². The van der Waals surface area contributed by atoms with Crippen molar-refractivity contribution in [3.63, 3.8) is 0 Å². The highest BCUT2D eigenvalue weighted by atomic mass is 35.5. The third-order valence-corrected chi connectivity index (χ3v) is 2.51. The molecule has 2 N–H and O–H groups in total. The average molecular weight is 174 g/mol. The van der Waals surface area contributed by atoms with E-state index >= 15 is 0 Å². The molecule has 1 atom stereocenters. The van der Waals surface area contributed by atoms with Gasteiger partial charge >= 0.3 is 0 Å². The molecule has 1 nitrogen and oxygen atoms in total. The molecule has 0 amide bonds. The summed E-state index contributed by atoms with van der Waals surface area (Å²) < 4.78 is 0. The number of nitrogens with two attached hydrogens (primary N) is 1. The molecule has 0 aromatic heterocycles. The molecule has 1 unspecified atom stereocenters. The molecular weight excluding hydrogens is 158 g/mol. The molecule has 0 bridgehead atoms. The van der Waals surface area contributed by atoms with Crippen molar-refractivity contribution in [1.29, 1.82) is 0 Å². The Morgan fingerprint density at radius 3 is 2.27 bits per heavy atom. The van der Waals surface area contributed by atoms with Crippen molar-refractivity contribution in [1.82, 2.24) is 0 Å². The number of terminal acetylenes is 1. The number of rotatable bonds is 1. The van der Waals surface area contributed by atoms with Gasteiger partial charge in [0.05, 0.1) is 5.54 Å². The predicted octanol–water partition coefficient (Wildman–Crippen LogP) is 1.95. The number of hydrogen-bond donors (Lipinski definition) is 1. The molecule has 0 spiro atoms. The molecule has 1 fully saturated rings. The molecule has 1 saturated carbocycles. The minimum Gasteiger partial charge on any atom is -0.315 e. The topological polar surface area (TPSA) is 26.0 Å². The van der Waals surface area contributed by atoms with Gasteiger partial charge in [-0.15, -0.1) is 18.8 Å². The average Bonchev–Trinajstić information content (AvgIpc) is 2.38. The summed E-state index contributed by atoms with van der Waals surface area (Å²) in [6.07, 6.45) is 10.4. The van der Waals surface area contributed by atoms with Gasteiger partial charge in [0.1, 0.15) is 0 Å². The predicted molar refractivity (Wildman–Crippen MR) is 50.6 cm³/mol. The van der Waals surface area contributed by atoms with Gasteiger partial charge in [-0.05, 0) is 25.7 Å². The smallest absolute Gasteiger partial charge is 0.0773 e. The van der Waals surface area contributed by atoms with E-state index in [1.165, 1.54) is 25.7 Å². The van der Waals surface area contributed by atoms with E-state index < -0.39 is 0 Å². The maximum atomic E-state index is 5.89. The van der Waals surface area contributed by atoms with E-state index in [0.717, 1.165) is 0 Å². The van der Waals surface area contributed by atoms with Gasteiger partial charge in [-0.3, -0.25) is 0 Å². The summed E-state index contributed by atoms with van der Waals surface area (Å²) >= 11 is 0. The van der Waals surface area contributed by atoms with E-state index in [2.05, 4.69) is 5.92 Å². The van der Waals surface area contributed by atoms with Crippen LogP contribution in [0.1, 0.15) is 32.6 Å². The molecule has 1 rings (SSSR count). The van der Waals surface area contributed by atoms with Crippen LogP contribution >= 0.6 is 12.4 Å². The zero-order chi connectivity index (χ0) is 7.61. The maximum absolute atomic E-state index is 5.89. The van der Waals surface area contributed by atoms with Gasteiger partial charge in [-0.25, -0.2) is 0 Å². The first-order chi connectivity index (χ1) is 4.67. The Labute approximate surface area is 75.1 Å². The lowest BCUT2D eigenvalue weighted by molar-refractivity contribution is 0.380. The lowest BCUT2D eigenvalue weighted by atomic mass is 9.86. The fraction of sp³-hybridized carbons (Fsp3) is 0.778. The zero-order valence-corrected chi connectivity index (χ0v) is 7.79. The fourth-order valence-corrected chi connectivity index (χ4v) is 1.64. The second-order valence-corrected chi connectivity index (χ2v) is 3.41. The molecule has 0 aromatic carbocycles. The van der Waals surface area contributed by atoms with Gasteiger partial charge in [-0.2, -0.15) is 0 Å². The summed E-state index contributed by atoms with van der Waals surface area (Å²) in [6, 6.07) is 0. The second-order valence-electron chi connectivity index (χ2n) is 3.41. The van der Waals surface area contributed by atoms with Crippen LogP contribution < -0.4 is 5.73 Å². The Bertz CT molecular complexity index is 151. The van der Waals surface area contributed by atoms with Crippen LogP contribution in [-0.2, 0) is 0 Å². The van der Waals surface area contributed by atoms with E-state index in [0.29, 0.717) is 5.92 Å². The third-order valence-electron chi connectivity index (χ3n) is 2.51. The maximum Gasteiger partial charge on any atom is 0.0773 e. The summed E-state index contributed by atoms with van der Waals surface area (Å²) in [7, 11) is 0. The van der Waals surface area contributed by atoms with Crippen molar-refractivity contribution in [3.8, 4) is 12.3 Å². The highest BCUT2D eigenvalue weighted by Gasteiger charge is 2.30. The van der Waals surface area contributed by atoms with Crippen LogP contribution in [0.3, 0.4) is 0 Å². The summed E-state index contributed by atoms with van der Waals surface area (Å²) in [5.41, 5.74) is 5.53. The van der Waals surface area contributed by atoms with Crippen molar-refractivity contribution in [2.24, 2.45) is 11.7 Å². The van der Waals surface area contributed by atoms with Gasteiger partial charge < -0.3 is 5.73 Å². The minimum absolute atomic E-state index is 0. The van der Waals surface area contributed by atoms with Crippen LogP contribution in [-0.4, -0.2) is 5.54 Å². The Kier molecular flexibility index (Phi) is 3.92. The van der Waals surface area contributed by atoms with Gasteiger partial charge in [0.2, 0.25) is 0 Å². The van der Waals surface area contributed by atoms with Crippen LogP contribution in [0.5, 0.6) is 0 Å². The van der Waals surface area contributed by atoms with Crippen LogP contribution in [0.25, 0.3) is 0 Å². The first-order valence-corrected chi connectivity index (χ1v) is 3.93. The Morgan fingerprint density at radius 2 is 1.91 bits per heavy atom. The molecule has 2 heteroatoms. The van der Waals surface area contributed by atoms with E-state index in [-0.39, 0.29) is 17.9 Å². The normalized spacial score (nSPS) is 23.4. The molecule has 0 saturated heterocycles. The lowest BCUT2D eigenvalue weighted by Crippen LogP contribution is -2.41. The highest BCUT2D eigenvalue weighted by Crippen LogP contribution is 2.31. The summed E-state index contributed by atoms with van der Waals surface area (Å²) in [5, 5.41) is 0. The van der Waals surface area contributed by atoms with Crippen LogP contribution in [0.2, 0.25) is 0 Å². The van der Waals surface area contributed by atoms with Gasteiger partial charge in [0.25, 0.3) is 0 Å². The van der Waals surface area contributed by atoms with Crippen LogP contribution in [0.4, 0.5) is 0 Å². The van der Waals surface area contributed by atoms with Crippen molar-refractivity contribution in [3.05, 3.63) is 0 Å². The first kappa shape index (κ1) is 10.8. The molecular formula is C9H16ClN. The Balaban J connectivity index is 0.000001000. The van der Waals surface area contributed by atoms with Crippen molar-refractivity contribution < 1.29 is 0 Å². The molecule has 0 aromatic rings. The number of halogens is 1. The van der Waals surface area contributed by atoms with Crippen LogP contribution in [0, 0.1) is 18.3 Å². The van der Waals surface area contributed by atoms with E-state index in [9.17, 15) is 0 Å². The van der Waals surface area contributed by atoms with E-state index in [1.807, 2.05) is 6.92 Å². The summed E-state index contributed by atoms with van der Waals surface area (Å²) in [4.78, 5) is 0. The van der Waals surface area contributed by atoms with Crippen molar-refractivity contribution in [2.45, 2.75) is 38.1 Å². The van der Waals surface area contributed by atoms with Crippen LogP contribution in [0.15, 0.2) is 0 Å². The Hall–Kier alpha value is -0.190. The van der Waals surface area contributed by atoms with Gasteiger partial charge in [0.15, 0.2) is 0 Å². The van der Waals surface area contributed by atoms with E-state index in [4.69, 9.17) is 12.2 Å². The third kappa shape index (κ3) is 2.39. The van der Waals surface area contributed by atoms with Crippen molar-refractivity contribution >= 4 is 12.4 Å². The molecule has 11 heavy (non-hydrogen) atoms. The molecule has 1 aliphatic rings. The molecule has 0 radical (unpaired) electrons. The largest absolute Gasteiger partial charge is 0.315 e. The van der Waals surface area contributed by atoms with Gasteiger partial charge in [-0.1, -0.05) is 18.8 Å². The Morgan fingerprint density at radius 1 is 1.45 bits per heavy atom. The molecule has 0 heterocycles. The molecule has 64 valence electrons. The molecule has 0 aliphatic heterocycles. The highest BCUT2D eigenvalue weighted by molar-refractivity contribution is 5.85.